The first-order chi connectivity index (χ1) is 7.72. The van der Waals surface area contributed by atoms with E-state index in [4.69, 9.17) is 4.74 Å². The van der Waals surface area contributed by atoms with Gasteiger partial charge in [0.15, 0.2) is 0 Å². The molecule has 0 aliphatic carbocycles. The van der Waals surface area contributed by atoms with Gasteiger partial charge < -0.3 is 9.64 Å². The summed E-state index contributed by atoms with van der Waals surface area (Å²) in [7, 11) is 0. The molecule has 4 heteroatoms. The maximum atomic E-state index is 10.6. The molecule has 94 valence electrons. The highest BCUT2D eigenvalue weighted by Gasteiger charge is 2.15. The van der Waals surface area contributed by atoms with Crippen LogP contribution in [0.3, 0.4) is 0 Å². The normalized spacial score (nSPS) is 18.6. The van der Waals surface area contributed by atoms with Crippen molar-refractivity contribution in [3.05, 3.63) is 0 Å². The van der Waals surface area contributed by atoms with Crippen molar-refractivity contribution in [1.82, 2.24) is 9.80 Å². The van der Waals surface area contributed by atoms with Crippen molar-refractivity contribution in [2.45, 2.75) is 26.7 Å². The van der Waals surface area contributed by atoms with Crippen LogP contribution < -0.4 is 0 Å². The number of hydrogen-bond acceptors (Lipinski definition) is 4. The van der Waals surface area contributed by atoms with Gasteiger partial charge in [0.05, 0.1) is 0 Å². The van der Waals surface area contributed by atoms with Gasteiger partial charge in [0.2, 0.25) is 0 Å². The van der Waals surface area contributed by atoms with Crippen molar-refractivity contribution < 1.29 is 9.53 Å². The second-order valence-corrected chi connectivity index (χ2v) is 4.38. The van der Waals surface area contributed by atoms with Crippen LogP contribution in [-0.4, -0.2) is 61.6 Å². The van der Waals surface area contributed by atoms with E-state index in [1.807, 2.05) is 0 Å². The van der Waals surface area contributed by atoms with Crippen molar-refractivity contribution in [1.29, 1.82) is 0 Å². The summed E-state index contributed by atoms with van der Waals surface area (Å²) in [5, 5.41) is 0. The molecule has 1 heterocycles. The summed E-state index contributed by atoms with van der Waals surface area (Å²) in [5.41, 5.74) is 0. The molecule has 0 aromatic carbocycles. The maximum absolute atomic E-state index is 10.6. The molecule has 0 amide bonds. The first-order valence-electron chi connectivity index (χ1n) is 6.30. The Morgan fingerprint density at radius 2 is 1.69 bits per heavy atom. The van der Waals surface area contributed by atoms with E-state index in [-0.39, 0.29) is 5.97 Å². The van der Waals surface area contributed by atoms with E-state index >= 15 is 0 Å². The SMILES string of the molecule is CCCCN1CCN(CCOC(C)=O)CC1. The molecule has 0 saturated carbocycles. The lowest BCUT2D eigenvalue weighted by molar-refractivity contribution is -0.141. The molecule has 4 nitrogen and oxygen atoms in total. The predicted octanol–water partition coefficient (Wildman–Crippen LogP) is 0.967. The van der Waals surface area contributed by atoms with Crippen LogP contribution >= 0.6 is 0 Å². The van der Waals surface area contributed by atoms with Crippen molar-refractivity contribution >= 4 is 5.97 Å². The van der Waals surface area contributed by atoms with Crippen LogP contribution in [-0.2, 0) is 9.53 Å². The van der Waals surface area contributed by atoms with Crippen molar-refractivity contribution in [3.8, 4) is 0 Å². The second-order valence-electron chi connectivity index (χ2n) is 4.38. The minimum Gasteiger partial charge on any atom is -0.465 e. The lowest BCUT2D eigenvalue weighted by Crippen LogP contribution is -2.47. The van der Waals surface area contributed by atoms with Gasteiger partial charge in [0.1, 0.15) is 6.61 Å². The monoisotopic (exact) mass is 228 g/mol. The molecule has 0 N–H and O–H groups in total. The van der Waals surface area contributed by atoms with Crippen LogP contribution in [0.5, 0.6) is 0 Å². The molecular formula is C12H24N2O2. The van der Waals surface area contributed by atoms with Crippen LogP contribution in [0.4, 0.5) is 0 Å². The second kappa shape index (κ2) is 7.63. The Morgan fingerprint density at radius 1 is 1.12 bits per heavy atom. The van der Waals surface area contributed by atoms with E-state index in [9.17, 15) is 4.79 Å². The molecule has 0 spiro atoms. The van der Waals surface area contributed by atoms with Crippen LogP contribution in [0.15, 0.2) is 0 Å². The number of carbonyl (C=O) groups is 1. The van der Waals surface area contributed by atoms with Gasteiger partial charge in [0.25, 0.3) is 0 Å². The zero-order valence-electron chi connectivity index (χ0n) is 10.6. The van der Waals surface area contributed by atoms with Gasteiger partial charge in [-0.1, -0.05) is 13.3 Å². The zero-order valence-corrected chi connectivity index (χ0v) is 10.6. The van der Waals surface area contributed by atoms with E-state index in [0.29, 0.717) is 6.61 Å². The van der Waals surface area contributed by atoms with Gasteiger partial charge in [0, 0.05) is 39.6 Å². The van der Waals surface area contributed by atoms with E-state index in [2.05, 4.69) is 16.7 Å². The summed E-state index contributed by atoms with van der Waals surface area (Å²) in [6, 6.07) is 0. The summed E-state index contributed by atoms with van der Waals surface area (Å²) in [5.74, 6) is -0.179. The summed E-state index contributed by atoms with van der Waals surface area (Å²) in [6.45, 7) is 10.8. The van der Waals surface area contributed by atoms with Gasteiger partial charge >= 0.3 is 5.97 Å². The lowest BCUT2D eigenvalue weighted by atomic mass is 10.2. The zero-order chi connectivity index (χ0) is 11.8. The fourth-order valence-electron chi connectivity index (χ4n) is 1.94. The van der Waals surface area contributed by atoms with Crippen LogP contribution in [0.1, 0.15) is 26.7 Å². The number of piperazine rings is 1. The topological polar surface area (TPSA) is 32.8 Å². The molecule has 1 fully saturated rings. The number of hydrogen-bond donors (Lipinski definition) is 0. The average Bonchev–Trinajstić information content (AvgIpc) is 2.27. The number of esters is 1. The highest BCUT2D eigenvalue weighted by molar-refractivity contribution is 5.65. The lowest BCUT2D eigenvalue weighted by Gasteiger charge is -2.34. The first-order valence-corrected chi connectivity index (χ1v) is 6.30. The number of ether oxygens (including phenoxy) is 1. The third-order valence-electron chi connectivity index (χ3n) is 3.01. The Kier molecular flexibility index (Phi) is 6.42. The Balaban J connectivity index is 2.05. The number of unbranched alkanes of at least 4 members (excludes halogenated alkanes) is 1. The van der Waals surface area contributed by atoms with E-state index in [1.54, 1.807) is 0 Å². The largest absolute Gasteiger partial charge is 0.465 e. The first kappa shape index (κ1) is 13.5. The third-order valence-corrected chi connectivity index (χ3v) is 3.01. The van der Waals surface area contributed by atoms with Crippen molar-refractivity contribution in [2.24, 2.45) is 0 Å². The van der Waals surface area contributed by atoms with Gasteiger partial charge in [-0.3, -0.25) is 9.69 Å². The molecule has 1 saturated heterocycles. The van der Waals surface area contributed by atoms with Crippen LogP contribution in [0.2, 0.25) is 0 Å². The predicted molar refractivity (Wildman–Crippen MR) is 64.4 cm³/mol. The minimum atomic E-state index is -0.179. The molecule has 1 rings (SSSR count). The maximum Gasteiger partial charge on any atom is 0.302 e. The number of carbonyl (C=O) groups excluding carboxylic acids is 1. The van der Waals surface area contributed by atoms with Crippen molar-refractivity contribution in [3.63, 3.8) is 0 Å². The fraction of sp³-hybridized carbons (Fsp3) is 0.917. The van der Waals surface area contributed by atoms with Gasteiger partial charge in [-0.2, -0.15) is 0 Å². The van der Waals surface area contributed by atoms with Gasteiger partial charge in [-0.15, -0.1) is 0 Å². The molecule has 0 aromatic rings. The van der Waals surface area contributed by atoms with E-state index in [1.165, 1.54) is 26.3 Å². The molecule has 0 bridgehead atoms. The molecule has 0 atom stereocenters. The van der Waals surface area contributed by atoms with Gasteiger partial charge in [-0.25, -0.2) is 0 Å². The van der Waals surface area contributed by atoms with E-state index in [0.717, 1.165) is 32.7 Å². The summed E-state index contributed by atoms with van der Waals surface area (Å²) >= 11 is 0. The molecule has 0 unspecified atom stereocenters. The highest BCUT2D eigenvalue weighted by atomic mass is 16.5. The molecule has 1 aliphatic rings. The highest BCUT2D eigenvalue weighted by Crippen LogP contribution is 2.03. The fourth-order valence-corrected chi connectivity index (χ4v) is 1.94. The number of rotatable bonds is 6. The minimum absolute atomic E-state index is 0.179. The summed E-state index contributed by atoms with van der Waals surface area (Å²) in [4.78, 5) is 15.5. The molecule has 16 heavy (non-hydrogen) atoms. The third kappa shape index (κ3) is 5.47. The van der Waals surface area contributed by atoms with Gasteiger partial charge in [-0.05, 0) is 13.0 Å². The quantitative estimate of drug-likeness (QED) is 0.634. The smallest absolute Gasteiger partial charge is 0.302 e. The number of nitrogens with zero attached hydrogens (tertiary/aromatic N) is 2. The molecule has 0 aromatic heterocycles. The van der Waals surface area contributed by atoms with Crippen molar-refractivity contribution in [2.75, 3.05) is 45.9 Å². The Hall–Kier alpha value is -0.610. The Morgan fingerprint density at radius 3 is 2.19 bits per heavy atom. The molecular weight excluding hydrogens is 204 g/mol. The molecule has 0 radical (unpaired) electrons. The summed E-state index contributed by atoms with van der Waals surface area (Å²) < 4.78 is 4.94. The van der Waals surface area contributed by atoms with E-state index < -0.39 is 0 Å². The summed E-state index contributed by atoms with van der Waals surface area (Å²) in [6.07, 6.45) is 2.57. The van der Waals surface area contributed by atoms with Crippen LogP contribution in [0.25, 0.3) is 0 Å². The molecule has 1 aliphatic heterocycles. The van der Waals surface area contributed by atoms with Crippen LogP contribution in [0, 0.1) is 0 Å². The standard InChI is InChI=1S/C12H24N2O2/c1-3-4-5-13-6-8-14(9-7-13)10-11-16-12(2)15/h3-11H2,1-2H3. The Bertz CT molecular complexity index is 201. The average molecular weight is 228 g/mol. The Labute approximate surface area is 98.5 Å².